The zero-order chi connectivity index (χ0) is 12.4. The van der Waals surface area contributed by atoms with Crippen molar-refractivity contribution in [2.45, 2.75) is 52.9 Å². The molecule has 2 rings (SSSR count). The van der Waals surface area contributed by atoms with Gasteiger partial charge in [-0.2, -0.15) is 0 Å². The highest BCUT2D eigenvalue weighted by molar-refractivity contribution is 5.46. The Kier molecular flexibility index (Phi) is 3.65. The largest absolute Gasteiger partial charge is 0.370 e. The number of hydrogen-bond donors (Lipinski definition) is 1. The summed E-state index contributed by atoms with van der Waals surface area (Å²) in [6, 6.07) is 0. The van der Waals surface area contributed by atoms with Crippen molar-refractivity contribution < 1.29 is 0 Å². The Hall–Kier alpha value is -1.12. The summed E-state index contributed by atoms with van der Waals surface area (Å²) in [6.07, 6.45) is 3.57. The van der Waals surface area contributed by atoms with Gasteiger partial charge in [0.05, 0.1) is 0 Å². The van der Waals surface area contributed by atoms with E-state index in [-0.39, 0.29) is 0 Å². The van der Waals surface area contributed by atoms with Crippen molar-refractivity contribution in [3.05, 3.63) is 17.1 Å². The Morgan fingerprint density at radius 2 is 2.00 bits per heavy atom. The smallest absolute Gasteiger partial charge is 0.134 e. The number of nitrogens with one attached hydrogen (secondary N) is 1. The van der Waals surface area contributed by atoms with Gasteiger partial charge in [-0.1, -0.05) is 13.8 Å². The third kappa shape index (κ3) is 2.96. The first-order valence-corrected chi connectivity index (χ1v) is 6.73. The lowest BCUT2D eigenvalue weighted by Gasteiger charge is -2.14. The monoisotopic (exact) mass is 233 g/mol. The molecule has 1 N–H and O–H groups in total. The van der Waals surface area contributed by atoms with Gasteiger partial charge in [-0.15, -0.1) is 0 Å². The maximum atomic E-state index is 4.77. The SMILES string of the molecule is CCNc1nc(C2CC2)nc(CC(C)C)c1C. The summed E-state index contributed by atoms with van der Waals surface area (Å²) in [5.41, 5.74) is 2.46. The topological polar surface area (TPSA) is 37.8 Å². The molecule has 1 fully saturated rings. The van der Waals surface area contributed by atoms with E-state index in [9.17, 15) is 0 Å². The van der Waals surface area contributed by atoms with Crippen LogP contribution in [-0.2, 0) is 6.42 Å². The van der Waals surface area contributed by atoms with E-state index in [2.05, 4.69) is 38.0 Å². The predicted octanol–water partition coefficient (Wildman–Crippen LogP) is 3.29. The van der Waals surface area contributed by atoms with Crippen molar-refractivity contribution in [2.75, 3.05) is 11.9 Å². The van der Waals surface area contributed by atoms with E-state index >= 15 is 0 Å². The Balaban J connectivity index is 2.33. The second-order valence-electron chi connectivity index (χ2n) is 5.40. The molecule has 1 heterocycles. The number of aromatic nitrogens is 2. The Bertz CT molecular complexity index is 395. The van der Waals surface area contributed by atoms with Gasteiger partial charge in [0.25, 0.3) is 0 Å². The van der Waals surface area contributed by atoms with Crippen molar-refractivity contribution >= 4 is 5.82 Å². The Labute approximate surface area is 104 Å². The van der Waals surface area contributed by atoms with Crippen molar-refractivity contribution in [2.24, 2.45) is 5.92 Å². The van der Waals surface area contributed by atoms with Gasteiger partial charge in [-0.25, -0.2) is 9.97 Å². The quantitative estimate of drug-likeness (QED) is 0.848. The number of hydrogen-bond acceptors (Lipinski definition) is 3. The molecule has 0 saturated heterocycles. The van der Waals surface area contributed by atoms with E-state index in [1.807, 2.05) is 0 Å². The minimum Gasteiger partial charge on any atom is -0.370 e. The molecule has 0 aromatic carbocycles. The van der Waals surface area contributed by atoms with Crippen molar-refractivity contribution in [1.29, 1.82) is 0 Å². The molecule has 0 unspecified atom stereocenters. The van der Waals surface area contributed by atoms with Crippen molar-refractivity contribution in [1.82, 2.24) is 9.97 Å². The fourth-order valence-corrected chi connectivity index (χ4v) is 2.03. The van der Waals surface area contributed by atoms with E-state index in [0.717, 1.165) is 24.6 Å². The molecule has 94 valence electrons. The lowest BCUT2D eigenvalue weighted by atomic mass is 10.0. The molecule has 0 spiro atoms. The maximum absolute atomic E-state index is 4.77. The van der Waals surface area contributed by atoms with Crippen LogP contribution in [-0.4, -0.2) is 16.5 Å². The van der Waals surface area contributed by atoms with Crippen LogP contribution in [0.1, 0.15) is 56.6 Å². The number of rotatable bonds is 5. The van der Waals surface area contributed by atoms with Crippen LogP contribution in [0.3, 0.4) is 0 Å². The molecule has 3 heteroatoms. The molecule has 0 amide bonds. The van der Waals surface area contributed by atoms with E-state index in [1.54, 1.807) is 0 Å². The van der Waals surface area contributed by atoms with Gasteiger partial charge in [0.1, 0.15) is 11.6 Å². The molecule has 1 saturated carbocycles. The van der Waals surface area contributed by atoms with E-state index in [0.29, 0.717) is 11.8 Å². The third-order valence-corrected chi connectivity index (χ3v) is 3.15. The summed E-state index contributed by atoms with van der Waals surface area (Å²) in [4.78, 5) is 9.44. The van der Waals surface area contributed by atoms with Gasteiger partial charge >= 0.3 is 0 Å². The highest BCUT2D eigenvalue weighted by Gasteiger charge is 2.28. The van der Waals surface area contributed by atoms with Crippen LogP contribution in [0.4, 0.5) is 5.82 Å². The first-order valence-electron chi connectivity index (χ1n) is 6.73. The lowest BCUT2D eigenvalue weighted by Crippen LogP contribution is -2.10. The standard InChI is InChI=1S/C14H23N3/c1-5-15-13-10(4)12(8-9(2)3)16-14(17-13)11-6-7-11/h9,11H,5-8H2,1-4H3,(H,15,16,17). The predicted molar refractivity (Wildman–Crippen MR) is 71.4 cm³/mol. The summed E-state index contributed by atoms with van der Waals surface area (Å²) >= 11 is 0. The molecule has 1 aliphatic carbocycles. The molecule has 0 radical (unpaired) electrons. The summed E-state index contributed by atoms with van der Waals surface area (Å²) in [5.74, 6) is 3.37. The van der Waals surface area contributed by atoms with Gasteiger partial charge in [0, 0.05) is 23.7 Å². The maximum Gasteiger partial charge on any atom is 0.134 e. The molecule has 1 aliphatic rings. The molecule has 0 aliphatic heterocycles. The van der Waals surface area contributed by atoms with E-state index < -0.39 is 0 Å². The second-order valence-corrected chi connectivity index (χ2v) is 5.40. The van der Waals surface area contributed by atoms with Gasteiger partial charge in [0.15, 0.2) is 0 Å². The van der Waals surface area contributed by atoms with Crippen molar-refractivity contribution in [3.63, 3.8) is 0 Å². The zero-order valence-electron chi connectivity index (χ0n) is 11.4. The summed E-state index contributed by atoms with van der Waals surface area (Å²) in [5, 5.41) is 3.36. The average molecular weight is 233 g/mol. The highest BCUT2D eigenvalue weighted by atomic mass is 15.0. The van der Waals surface area contributed by atoms with Gasteiger partial charge in [-0.05, 0) is 39.0 Å². The third-order valence-electron chi connectivity index (χ3n) is 3.15. The van der Waals surface area contributed by atoms with Gasteiger partial charge < -0.3 is 5.32 Å². The molecular weight excluding hydrogens is 210 g/mol. The Morgan fingerprint density at radius 1 is 1.29 bits per heavy atom. The van der Waals surface area contributed by atoms with E-state index in [1.165, 1.54) is 24.1 Å². The minimum absolute atomic E-state index is 0.624. The van der Waals surface area contributed by atoms with Gasteiger partial charge in [0.2, 0.25) is 0 Å². The van der Waals surface area contributed by atoms with E-state index in [4.69, 9.17) is 4.98 Å². The normalized spacial score (nSPS) is 15.4. The van der Waals surface area contributed by atoms with Crippen LogP contribution in [0.5, 0.6) is 0 Å². The van der Waals surface area contributed by atoms with Crippen LogP contribution in [0, 0.1) is 12.8 Å². The summed E-state index contributed by atoms with van der Waals surface area (Å²) < 4.78 is 0. The summed E-state index contributed by atoms with van der Waals surface area (Å²) in [7, 11) is 0. The average Bonchev–Trinajstić information content (AvgIpc) is 3.07. The molecule has 17 heavy (non-hydrogen) atoms. The van der Waals surface area contributed by atoms with Crippen LogP contribution in [0.15, 0.2) is 0 Å². The molecule has 0 atom stereocenters. The van der Waals surface area contributed by atoms with Crippen molar-refractivity contribution in [3.8, 4) is 0 Å². The molecule has 3 nitrogen and oxygen atoms in total. The van der Waals surface area contributed by atoms with Gasteiger partial charge in [-0.3, -0.25) is 0 Å². The first-order chi connectivity index (χ1) is 8.11. The first kappa shape index (κ1) is 12.3. The number of anilines is 1. The van der Waals surface area contributed by atoms with Crippen LogP contribution in [0.25, 0.3) is 0 Å². The number of nitrogens with zero attached hydrogens (tertiary/aromatic N) is 2. The Morgan fingerprint density at radius 3 is 2.53 bits per heavy atom. The summed E-state index contributed by atoms with van der Waals surface area (Å²) in [6.45, 7) is 9.65. The molecule has 1 aromatic rings. The van der Waals surface area contributed by atoms with Crippen LogP contribution >= 0.6 is 0 Å². The molecular formula is C14H23N3. The molecule has 0 bridgehead atoms. The lowest BCUT2D eigenvalue weighted by molar-refractivity contribution is 0.627. The van der Waals surface area contributed by atoms with Crippen LogP contribution < -0.4 is 5.32 Å². The van der Waals surface area contributed by atoms with Crippen LogP contribution in [0.2, 0.25) is 0 Å². The zero-order valence-corrected chi connectivity index (χ0v) is 11.4. The fraction of sp³-hybridized carbons (Fsp3) is 0.714. The fourth-order valence-electron chi connectivity index (χ4n) is 2.03. The highest BCUT2D eigenvalue weighted by Crippen LogP contribution is 2.39. The molecule has 1 aromatic heterocycles. The minimum atomic E-state index is 0.624. The second kappa shape index (κ2) is 5.03.